The summed E-state index contributed by atoms with van der Waals surface area (Å²) in [6, 6.07) is 4.04. The Bertz CT molecular complexity index is 370. The molecule has 0 aliphatic heterocycles. The molecule has 20 heavy (non-hydrogen) atoms. The predicted molar refractivity (Wildman–Crippen MR) is 92.6 cm³/mol. The molecule has 1 nitrogen and oxygen atoms in total. The largest absolute Gasteiger partial charge is 0.494 e. The summed E-state index contributed by atoms with van der Waals surface area (Å²) in [5, 5.41) is 0.846. The highest BCUT2D eigenvalue weighted by Gasteiger charge is 2.03. The van der Waals surface area contributed by atoms with Crippen molar-refractivity contribution in [3.63, 3.8) is 0 Å². The molecule has 1 aromatic carbocycles. The van der Waals surface area contributed by atoms with Gasteiger partial charge in [0.1, 0.15) is 5.75 Å². The van der Waals surface area contributed by atoms with E-state index in [0.29, 0.717) is 0 Å². The highest BCUT2D eigenvalue weighted by Crippen LogP contribution is 2.26. The molecule has 0 amide bonds. The summed E-state index contributed by atoms with van der Waals surface area (Å²) >= 11 is 10.4. The van der Waals surface area contributed by atoms with E-state index in [-0.39, 0.29) is 0 Å². The summed E-state index contributed by atoms with van der Waals surface area (Å²) in [6.07, 6.45) is 8.96. The number of benzene rings is 1. The molecule has 0 unspecified atom stereocenters. The van der Waals surface area contributed by atoms with E-state index in [1.165, 1.54) is 38.5 Å². The van der Waals surface area contributed by atoms with Crippen LogP contribution in [0.15, 0.2) is 12.1 Å². The van der Waals surface area contributed by atoms with E-state index in [0.717, 1.165) is 40.7 Å². The molecule has 0 N–H and O–H groups in total. The molecule has 0 bridgehead atoms. The maximum atomic E-state index is 6.14. The van der Waals surface area contributed by atoms with Gasteiger partial charge in [0.2, 0.25) is 0 Å². The molecule has 0 aliphatic carbocycles. The average molecular weight is 315 g/mol. The van der Waals surface area contributed by atoms with Crippen molar-refractivity contribution in [1.29, 1.82) is 0 Å². The standard InChI is InChI=1S/C17H27ClOS/c1-14-12-16(13-15(2)17(14)18)19-10-8-6-4-3-5-7-9-11-20/h12-13,20H,3-11H2,1-2H3. The molecule has 114 valence electrons. The fourth-order valence-electron chi connectivity index (χ4n) is 2.28. The van der Waals surface area contributed by atoms with Crippen LogP contribution in [0.25, 0.3) is 0 Å². The van der Waals surface area contributed by atoms with E-state index in [4.69, 9.17) is 16.3 Å². The molecule has 0 aliphatic rings. The zero-order valence-electron chi connectivity index (χ0n) is 12.8. The lowest BCUT2D eigenvalue weighted by Gasteiger charge is -2.10. The minimum Gasteiger partial charge on any atom is -0.494 e. The van der Waals surface area contributed by atoms with E-state index in [1.54, 1.807) is 0 Å². The van der Waals surface area contributed by atoms with Crippen LogP contribution in [-0.4, -0.2) is 12.4 Å². The van der Waals surface area contributed by atoms with Gasteiger partial charge in [0.25, 0.3) is 0 Å². The Kier molecular flexibility index (Phi) is 9.21. The number of rotatable bonds is 10. The number of hydrogen-bond acceptors (Lipinski definition) is 2. The van der Waals surface area contributed by atoms with Crippen molar-refractivity contribution in [2.75, 3.05) is 12.4 Å². The van der Waals surface area contributed by atoms with E-state index in [1.807, 2.05) is 26.0 Å². The zero-order chi connectivity index (χ0) is 14.8. The van der Waals surface area contributed by atoms with Crippen molar-refractivity contribution in [2.24, 2.45) is 0 Å². The highest BCUT2D eigenvalue weighted by atomic mass is 35.5. The molecular weight excluding hydrogens is 288 g/mol. The molecular formula is C17H27ClOS. The van der Waals surface area contributed by atoms with Crippen LogP contribution in [0, 0.1) is 13.8 Å². The van der Waals surface area contributed by atoms with Gasteiger partial charge in [-0.25, -0.2) is 0 Å². The molecule has 0 fully saturated rings. The van der Waals surface area contributed by atoms with Gasteiger partial charge in [-0.05, 0) is 55.7 Å². The van der Waals surface area contributed by atoms with Crippen molar-refractivity contribution in [3.05, 3.63) is 28.3 Å². The smallest absolute Gasteiger partial charge is 0.119 e. The van der Waals surface area contributed by atoms with E-state index in [2.05, 4.69) is 12.6 Å². The van der Waals surface area contributed by atoms with E-state index in [9.17, 15) is 0 Å². The maximum Gasteiger partial charge on any atom is 0.119 e. The van der Waals surface area contributed by atoms with Crippen molar-refractivity contribution < 1.29 is 4.74 Å². The van der Waals surface area contributed by atoms with E-state index >= 15 is 0 Å². The Morgan fingerprint density at radius 1 is 0.900 bits per heavy atom. The predicted octanol–water partition coefficient (Wildman–Crippen LogP) is 6.00. The van der Waals surface area contributed by atoms with Gasteiger partial charge in [-0.2, -0.15) is 12.6 Å². The van der Waals surface area contributed by atoms with Crippen LogP contribution in [0.3, 0.4) is 0 Å². The minimum absolute atomic E-state index is 0.803. The summed E-state index contributed by atoms with van der Waals surface area (Å²) in [5.41, 5.74) is 2.18. The van der Waals surface area contributed by atoms with Crippen molar-refractivity contribution in [3.8, 4) is 5.75 Å². The van der Waals surface area contributed by atoms with Gasteiger partial charge in [-0.3, -0.25) is 0 Å². The molecule has 0 radical (unpaired) electrons. The molecule has 0 atom stereocenters. The SMILES string of the molecule is Cc1cc(OCCCCCCCCCS)cc(C)c1Cl. The molecule has 0 heterocycles. The van der Waals surface area contributed by atoms with E-state index < -0.39 is 0 Å². The first-order valence-electron chi connectivity index (χ1n) is 7.65. The Labute approximate surface area is 134 Å². The molecule has 3 heteroatoms. The fourth-order valence-corrected chi connectivity index (χ4v) is 2.61. The maximum absolute atomic E-state index is 6.14. The summed E-state index contributed by atoms with van der Waals surface area (Å²) in [4.78, 5) is 0. The van der Waals surface area contributed by atoms with Gasteiger partial charge < -0.3 is 4.74 Å². The number of unbranched alkanes of at least 4 members (excludes halogenated alkanes) is 6. The quantitative estimate of drug-likeness (QED) is 0.412. The average Bonchev–Trinajstić information content (AvgIpc) is 2.43. The molecule has 1 aromatic rings. The normalized spacial score (nSPS) is 10.8. The fraction of sp³-hybridized carbons (Fsp3) is 0.647. The Morgan fingerprint density at radius 3 is 1.95 bits per heavy atom. The second-order valence-electron chi connectivity index (χ2n) is 5.42. The first kappa shape index (κ1) is 17.7. The van der Waals surface area contributed by atoms with Crippen LogP contribution in [0.2, 0.25) is 5.02 Å². The van der Waals surface area contributed by atoms with Crippen LogP contribution < -0.4 is 4.74 Å². The third-order valence-corrected chi connectivity index (χ3v) is 4.39. The van der Waals surface area contributed by atoms with Crippen LogP contribution in [0.4, 0.5) is 0 Å². The lowest BCUT2D eigenvalue weighted by atomic mass is 10.1. The Morgan fingerprint density at radius 2 is 1.40 bits per heavy atom. The minimum atomic E-state index is 0.803. The second-order valence-corrected chi connectivity index (χ2v) is 6.24. The topological polar surface area (TPSA) is 9.23 Å². The number of thiol groups is 1. The number of halogens is 1. The van der Waals surface area contributed by atoms with Gasteiger partial charge in [-0.1, -0.05) is 43.7 Å². The summed E-state index contributed by atoms with van der Waals surface area (Å²) in [6.45, 7) is 4.84. The highest BCUT2D eigenvalue weighted by molar-refractivity contribution is 7.80. The lowest BCUT2D eigenvalue weighted by molar-refractivity contribution is 0.304. The third-order valence-electron chi connectivity index (χ3n) is 3.48. The molecule has 0 saturated heterocycles. The second kappa shape index (κ2) is 10.4. The summed E-state index contributed by atoms with van der Waals surface area (Å²) < 4.78 is 5.80. The number of aryl methyl sites for hydroxylation is 2. The number of ether oxygens (including phenoxy) is 1. The van der Waals surface area contributed by atoms with Gasteiger partial charge in [0, 0.05) is 5.02 Å². The first-order chi connectivity index (χ1) is 9.65. The van der Waals surface area contributed by atoms with Gasteiger partial charge in [0.15, 0.2) is 0 Å². The van der Waals surface area contributed by atoms with Crippen molar-refractivity contribution in [2.45, 2.75) is 58.8 Å². The number of hydrogen-bond donors (Lipinski definition) is 1. The Balaban J connectivity index is 2.10. The third kappa shape index (κ3) is 6.90. The van der Waals surface area contributed by atoms with Crippen LogP contribution in [0.5, 0.6) is 5.75 Å². The first-order valence-corrected chi connectivity index (χ1v) is 8.66. The van der Waals surface area contributed by atoms with Gasteiger partial charge in [0.05, 0.1) is 6.61 Å². The molecule has 0 aromatic heterocycles. The summed E-state index contributed by atoms with van der Waals surface area (Å²) in [5.74, 6) is 1.96. The zero-order valence-corrected chi connectivity index (χ0v) is 14.4. The molecule has 1 rings (SSSR count). The lowest BCUT2D eigenvalue weighted by Crippen LogP contribution is -1.98. The van der Waals surface area contributed by atoms with Crippen molar-refractivity contribution in [1.82, 2.24) is 0 Å². The van der Waals surface area contributed by atoms with Crippen molar-refractivity contribution >= 4 is 24.2 Å². The monoisotopic (exact) mass is 314 g/mol. The van der Waals surface area contributed by atoms with Crippen LogP contribution >= 0.6 is 24.2 Å². The van der Waals surface area contributed by atoms with Gasteiger partial charge in [-0.15, -0.1) is 0 Å². The van der Waals surface area contributed by atoms with Crippen LogP contribution in [-0.2, 0) is 0 Å². The van der Waals surface area contributed by atoms with Crippen LogP contribution in [0.1, 0.15) is 56.1 Å². The molecule has 0 spiro atoms. The molecule has 0 saturated carbocycles. The van der Waals surface area contributed by atoms with Gasteiger partial charge >= 0.3 is 0 Å². The Hall–Kier alpha value is -0.340. The summed E-state index contributed by atoms with van der Waals surface area (Å²) in [7, 11) is 0.